The Hall–Kier alpha value is -1.59. The van der Waals surface area contributed by atoms with E-state index < -0.39 is 5.41 Å². The minimum absolute atomic E-state index is 0. The average Bonchev–Trinajstić information content (AvgIpc) is 2.64. The lowest BCUT2D eigenvalue weighted by Gasteiger charge is -2.33. The van der Waals surface area contributed by atoms with Crippen molar-refractivity contribution in [3.8, 4) is 0 Å². The number of amides is 2. The molecule has 1 heterocycles. The maximum Gasteiger partial charge on any atom is 0.254 e. The summed E-state index contributed by atoms with van der Waals surface area (Å²) in [7, 11) is 0. The maximum atomic E-state index is 12.7. The summed E-state index contributed by atoms with van der Waals surface area (Å²) in [6.45, 7) is 7.22. The van der Waals surface area contributed by atoms with E-state index in [1.807, 2.05) is 18.7 Å². The van der Waals surface area contributed by atoms with Gasteiger partial charge in [0.2, 0.25) is 5.91 Å². The Labute approximate surface area is 163 Å². The molecule has 5 nitrogen and oxygen atoms in total. The molecule has 0 bridgehead atoms. The molecule has 0 spiro atoms. The zero-order valence-electron chi connectivity index (χ0n) is 16.1. The van der Waals surface area contributed by atoms with Crippen LogP contribution in [0.25, 0.3) is 0 Å². The number of nitrogens with two attached hydrogens (primary N) is 1. The van der Waals surface area contributed by atoms with Crippen molar-refractivity contribution >= 4 is 29.9 Å². The predicted octanol–water partition coefficient (Wildman–Crippen LogP) is 3.83. The van der Waals surface area contributed by atoms with Crippen LogP contribution in [0.3, 0.4) is 0 Å². The fourth-order valence-electron chi connectivity index (χ4n) is 3.48. The number of carbonyl (C=O) groups excluding carboxylic acids is 2. The standard InChI is InChI=1S/C20H31N3O2.ClH/c1-4-20(5-2,14-21)19(25)22-17-11-9-16(10-12-17)18(24)23-13-7-6-8-15(23)3;/h9-12,15H,4-8,13-14,21H2,1-3H3,(H,22,25);1H. The molecular formula is C20H32ClN3O2. The Balaban J connectivity index is 0.00000338. The van der Waals surface area contributed by atoms with Crippen molar-refractivity contribution in [3.63, 3.8) is 0 Å². The molecule has 1 aromatic rings. The molecule has 2 rings (SSSR count). The molecule has 0 aromatic heterocycles. The van der Waals surface area contributed by atoms with Crippen LogP contribution >= 0.6 is 12.4 Å². The van der Waals surface area contributed by atoms with Gasteiger partial charge in [-0.2, -0.15) is 0 Å². The third-order valence-electron chi connectivity index (χ3n) is 5.68. The fourth-order valence-corrected chi connectivity index (χ4v) is 3.48. The molecule has 3 N–H and O–H groups in total. The number of anilines is 1. The van der Waals surface area contributed by atoms with Gasteiger partial charge in [-0.3, -0.25) is 9.59 Å². The number of hydrogen-bond acceptors (Lipinski definition) is 3. The van der Waals surface area contributed by atoms with Crippen LogP contribution in [0.4, 0.5) is 5.69 Å². The van der Waals surface area contributed by atoms with Gasteiger partial charge >= 0.3 is 0 Å². The highest BCUT2D eigenvalue weighted by molar-refractivity contribution is 5.97. The largest absolute Gasteiger partial charge is 0.336 e. The van der Waals surface area contributed by atoms with Crippen molar-refractivity contribution in [2.75, 3.05) is 18.4 Å². The van der Waals surface area contributed by atoms with Crippen molar-refractivity contribution in [2.45, 2.75) is 58.9 Å². The molecule has 1 fully saturated rings. The molecule has 0 radical (unpaired) electrons. The molecule has 0 saturated carbocycles. The van der Waals surface area contributed by atoms with E-state index in [0.717, 1.165) is 19.4 Å². The minimum Gasteiger partial charge on any atom is -0.336 e. The molecule has 1 atom stereocenters. The van der Waals surface area contributed by atoms with E-state index in [9.17, 15) is 9.59 Å². The molecule has 1 unspecified atom stereocenters. The Kier molecular flexibility index (Phi) is 8.57. The molecule has 6 heteroatoms. The monoisotopic (exact) mass is 381 g/mol. The second-order valence-corrected chi connectivity index (χ2v) is 7.07. The quantitative estimate of drug-likeness (QED) is 0.786. The first-order valence-electron chi connectivity index (χ1n) is 9.40. The fraction of sp³-hybridized carbons (Fsp3) is 0.600. The van der Waals surface area contributed by atoms with Crippen LogP contribution < -0.4 is 11.1 Å². The molecular weight excluding hydrogens is 350 g/mol. The number of benzene rings is 1. The van der Waals surface area contributed by atoms with E-state index in [4.69, 9.17) is 5.73 Å². The van der Waals surface area contributed by atoms with Crippen molar-refractivity contribution in [3.05, 3.63) is 29.8 Å². The molecule has 2 amide bonds. The van der Waals surface area contributed by atoms with Crippen LogP contribution in [0.5, 0.6) is 0 Å². The summed E-state index contributed by atoms with van der Waals surface area (Å²) >= 11 is 0. The van der Waals surface area contributed by atoms with Crippen molar-refractivity contribution in [1.29, 1.82) is 0 Å². The van der Waals surface area contributed by atoms with Crippen LogP contribution in [0.2, 0.25) is 0 Å². The van der Waals surface area contributed by atoms with E-state index in [-0.39, 0.29) is 24.2 Å². The number of nitrogens with one attached hydrogen (secondary N) is 1. The lowest BCUT2D eigenvalue weighted by atomic mass is 9.81. The van der Waals surface area contributed by atoms with Crippen LogP contribution in [-0.4, -0.2) is 35.8 Å². The van der Waals surface area contributed by atoms with Gasteiger partial charge in [-0.15, -0.1) is 12.4 Å². The number of likely N-dealkylation sites (tertiary alicyclic amines) is 1. The van der Waals surface area contributed by atoms with E-state index in [1.54, 1.807) is 24.3 Å². The van der Waals surface area contributed by atoms with Gasteiger partial charge in [-0.25, -0.2) is 0 Å². The highest BCUT2D eigenvalue weighted by Crippen LogP contribution is 2.27. The number of hydrogen-bond donors (Lipinski definition) is 2. The normalized spacial score (nSPS) is 17.4. The first-order chi connectivity index (χ1) is 12.0. The Morgan fingerprint density at radius 2 is 1.81 bits per heavy atom. The molecule has 1 aromatic carbocycles. The topological polar surface area (TPSA) is 75.4 Å². The third kappa shape index (κ3) is 4.77. The summed E-state index contributed by atoms with van der Waals surface area (Å²) in [5.41, 5.74) is 6.67. The van der Waals surface area contributed by atoms with Gasteiger partial charge in [0.1, 0.15) is 0 Å². The van der Waals surface area contributed by atoms with E-state index in [1.165, 1.54) is 6.42 Å². The summed E-state index contributed by atoms with van der Waals surface area (Å²) in [5, 5.41) is 2.95. The molecule has 1 saturated heterocycles. The SMILES string of the molecule is CCC(CC)(CN)C(=O)Nc1ccc(C(=O)N2CCCCC2C)cc1.Cl. The smallest absolute Gasteiger partial charge is 0.254 e. The summed E-state index contributed by atoms with van der Waals surface area (Å²) < 4.78 is 0. The summed E-state index contributed by atoms with van der Waals surface area (Å²) in [5.74, 6) is 0.0206. The van der Waals surface area contributed by atoms with Crippen molar-refractivity contribution in [1.82, 2.24) is 4.90 Å². The van der Waals surface area contributed by atoms with Gasteiger partial charge in [0, 0.05) is 30.4 Å². The Morgan fingerprint density at radius 1 is 1.19 bits per heavy atom. The molecule has 0 aliphatic carbocycles. The Morgan fingerprint density at radius 3 is 2.31 bits per heavy atom. The van der Waals surface area contributed by atoms with E-state index in [0.29, 0.717) is 36.7 Å². The first-order valence-corrected chi connectivity index (χ1v) is 9.40. The number of rotatable bonds is 6. The van der Waals surface area contributed by atoms with Crippen molar-refractivity contribution in [2.24, 2.45) is 11.1 Å². The van der Waals surface area contributed by atoms with Gasteiger partial charge < -0.3 is 16.0 Å². The summed E-state index contributed by atoms with van der Waals surface area (Å²) in [4.78, 5) is 27.2. The average molecular weight is 382 g/mol. The molecule has 26 heavy (non-hydrogen) atoms. The first kappa shape index (κ1) is 22.5. The minimum atomic E-state index is -0.530. The predicted molar refractivity (Wildman–Crippen MR) is 109 cm³/mol. The second kappa shape index (κ2) is 9.93. The summed E-state index contributed by atoms with van der Waals surface area (Å²) in [6.07, 6.45) is 4.73. The van der Waals surface area contributed by atoms with Gasteiger partial charge in [0.05, 0.1) is 5.41 Å². The van der Waals surface area contributed by atoms with Gasteiger partial charge in [0.15, 0.2) is 0 Å². The number of halogens is 1. The second-order valence-electron chi connectivity index (χ2n) is 7.07. The van der Waals surface area contributed by atoms with Gasteiger partial charge in [-0.05, 0) is 63.3 Å². The molecule has 1 aliphatic rings. The number of piperidine rings is 1. The van der Waals surface area contributed by atoms with Crippen molar-refractivity contribution < 1.29 is 9.59 Å². The highest BCUT2D eigenvalue weighted by Gasteiger charge is 2.33. The van der Waals surface area contributed by atoms with Crippen LogP contribution in [-0.2, 0) is 4.79 Å². The lowest BCUT2D eigenvalue weighted by molar-refractivity contribution is -0.125. The zero-order chi connectivity index (χ0) is 18.4. The number of carbonyl (C=O) groups is 2. The van der Waals surface area contributed by atoms with Crippen LogP contribution in [0.1, 0.15) is 63.2 Å². The maximum absolute atomic E-state index is 12.7. The van der Waals surface area contributed by atoms with Crippen LogP contribution in [0, 0.1) is 5.41 Å². The summed E-state index contributed by atoms with van der Waals surface area (Å²) in [6, 6.07) is 7.47. The molecule has 1 aliphatic heterocycles. The van der Waals surface area contributed by atoms with Gasteiger partial charge in [0.25, 0.3) is 5.91 Å². The molecule has 146 valence electrons. The van der Waals surface area contributed by atoms with E-state index in [2.05, 4.69) is 12.2 Å². The van der Waals surface area contributed by atoms with E-state index >= 15 is 0 Å². The lowest BCUT2D eigenvalue weighted by Crippen LogP contribution is -2.42. The number of nitrogens with zero attached hydrogens (tertiary/aromatic N) is 1. The van der Waals surface area contributed by atoms with Crippen LogP contribution in [0.15, 0.2) is 24.3 Å². The zero-order valence-corrected chi connectivity index (χ0v) is 16.9. The Bertz CT molecular complexity index is 591. The third-order valence-corrected chi connectivity index (χ3v) is 5.68. The van der Waals surface area contributed by atoms with Gasteiger partial charge in [-0.1, -0.05) is 13.8 Å². The highest BCUT2D eigenvalue weighted by atomic mass is 35.5.